The lowest BCUT2D eigenvalue weighted by Gasteiger charge is -2.13. The molecule has 1 aromatic rings. The van der Waals surface area contributed by atoms with Crippen molar-refractivity contribution in [3.8, 4) is 5.75 Å². The Hall–Kier alpha value is -1.10. The van der Waals surface area contributed by atoms with Crippen molar-refractivity contribution >= 4 is 0 Å². The first kappa shape index (κ1) is 15.0. The molecule has 0 aromatic heterocycles. The average molecular weight is 253 g/mol. The van der Waals surface area contributed by atoms with Crippen LogP contribution in [-0.4, -0.2) is 27.4 Å². The van der Waals surface area contributed by atoms with Gasteiger partial charge in [0.1, 0.15) is 5.75 Å². The molecule has 0 aliphatic rings. The second kappa shape index (κ2) is 8.08. The van der Waals surface area contributed by atoms with E-state index < -0.39 is 0 Å². The maximum atomic E-state index is 5.87. The highest BCUT2D eigenvalue weighted by Crippen LogP contribution is 2.23. The molecule has 0 saturated carbocycles. The van der Waals surface area contributed by atoms with Crippen molar-refractivity contribution in [2.24, 2.45) is 5.73 Å². The van der Waals surface area contributed by atoms with Gasteiger partial charge in [0, 0.05) is 31.9 Å². The fourth-order valence-electron chi connectivity index (χ4n) is 1.68. The zero-order valence-corrected chi connectivity index (χ0v) is 11.4. The van der Waals surface area contributed by atoms with Gasteiger partial charge in [0.05, 0.1) is 13.7 Å². The summed E-state index contributed by atoms with van der Waals surface area (Å²) in [6.07, 6.45) is 0.895. The van der Waals surface area contributed by atoms with E-state index in [0.717, 1.165) is 29.9 Å². The Balaban J connectivity index is 2.58. The van der Waals surface area contributed by atoms with Crippen LogP contribution in [0, 0.1) is 0 Å². The molecule has 0 radical (unpaired) electrons. The number of rotatable bonds is 8. The number of hydrogen-bond donors (Lipinski definition) is 1. The summed E-state index contributed by atoms with van der Waals surface area (Å²) in [5, 5.41) is 0. The molecular weight excluding hydrogens is 230 g/mol. The third-order valence-electron chi connectivity index (χ3n) is 2.72. The van der Waals surface area contributed by atoms with Crippen LogP contribution in [0.25, 0.3) is 0 Å². The molecule has 0 spiro atoms. The quantitative estimate of drug-likeness (QED) is 0.722. The number of benzene rings is 1. The zero-order valence-electron chi connectivity index (χ0n) is 11.4. The van der Waals surface area contributed by atoms with Gasteiger partial charge in [0.2, 0.25) is 0 Å². The maximum Gasteiger partial charge on any atom is 0.124 e. The van der Waals surface area contributed by atoms with Crippen LogP contribution in [0.1, 0.15) is 30.5 Å². The SMILES string of the molecule is COCCCOCc1cc(C(C)N)ccc1OC. The van der Waals surface area contributed by atoms with Crippen molar-refractivity contribution in [1.82, 2.24) is 0 Å². The van der Waals surface area contributed by atoms with Crippen LogP contribution in [0.5, 0.6) is 5.75 Å². The van der Waals surface area contributed by atoms with E-state index in [-0.39, 0.29) is 6.04 Å². The van der Waals surface area contributed by atoms with Gasteiger partial charge in [-0.1, -0.05) is 6.07 Å². The molecular formula is C14H23NO3. The van der Waals surface area contributed by atoms with Crippen LogP contribution in [0.3, 0.4) is 0 Å². The minimum Gasteiger partial charge on any atom is -0.496 e. The second-order valence-corrected chi connectivity index (χ2v) is 4.26. The van der Waals surface area contributed by atoms with Crippen LogP contribution in [0.15, 0.2) is 18.2 Å². The summed E-state index contributed by atoms with van der Waals surface area (Å²) in [6, 6.07) is 5.98. The summed E-state index contributed by atoms with van der Waals surface area (Å²) in [5.41, 5.74) is 7.99. The maximum absolute atomic E-state index is 5.87. The molecule has 1 unspecified atom stereocenters. The summed E-state index contributed by atoms with van der Waals surface area (Å²) in [6.45, 7) is 3.90. The van der Waals surface area contributed by atoms with E-state index >= 15 is 0 Å². The van der Waals surface area contributed by atoms with Crippen LogP contribution < -0.4 is 10.5 Å². The van der Waals surface area contributed by atoms with Gasteiger partial charge in [-0.25, -0.2) is 0 Å². The van der Waals surface area contributed by atoms with Crippen molar-refractivity contribution in [3.63, 3.8) is 0 Å². The number of methoxy groups -OCH3 is 2. The van der Waals surface area contributed by atoms with Gasteiger partial charge < -0.3 is 19.9 Å². The Bertz CT molecular complexity index is 353. The lowest BCUT2D eigenvalue weighted by atomic mass is 10.1. The summed E-state index contributed by atoms with van der Waals surface area (Å²) in [7, 11) is 3.35. The van der Waals surface area contributed by atoms with Crippen molar-refractivity contribution in [3.05, 3.63) is 29.3 Å². The van der Waals surface area contributed by atoms with Gasteiger partial charge >= 0.3 is 0 Å². The molecule has 0 bridgehead atoms. The van der Waals surface area contributed by atoms with E-state index in [1.54, 1.807) is 14.2 Å². The van der Waals surface area contributed by atoms with Crippen molar-refractivity contribution in [2.75, 3.05) is 27.4 Å². The molecule has 0 amide bonds. The van der Waals surface area contributed by atoms with E-state index in [1.165, 1.54) is 0 Å². The van der Waals surface area contributed by atoms with Gasteiger partial charge in [-0.05, 0) is 31.0 Å². The summed E-state index contributed by atoms with van der Waals surface area (Å²) < 4.78 is 15.9. The molecule has 0 fully saturated rings. The third kappa shape index (κ3) is 4.64. The highest BCUT2D eigenvalue weighted by Gasteiger charge is 2.07. The van der Waals surface area contributed by atoms with Gasteiger partial charge in [-0.3, -0.25) is 0 Å². The van der Waals surface area contributed by atoms with E-state index in [1.807, 2.05) is 25.1 Å². The predicted molar refractivity (Wildman–Crippen MR) is 71.7 cm³/mol. The van der Waals surface area contributed by atoms with E-state index in [0.29, 0.717) is 13.2 Å². The lowest BCUT2D eigenvalue weighted by Crippen LogP contribution is -2.07. The Morgan fingerprint density at radius 3 is 2.61 bits per heavy atom. The Morgan fingerprint density at radius 2 is 2.00 bits per heavy atom. The van der Waals surface area contributed by atoms with E-state index in [9.17, 15) is 0 Å². The number of nitrogens with two attached hydrogens (primary N) is 1. The normalized spacial score (nSPS) is 12.4. The topological polar surface area (TPSA) is 53.7 Å². The van der Waals surface area contributed by atoms with Gasteiger partial charge in [0.15, 0.2) is 0 Å². The first-order valence-corrected chi connectivity index (χ1v) is 6.18. The molecule has 0 aliphatic heterocycles. The molecule has 0 aliphatic carbocycles. The van der Waals surface area contributed by atoms with Crippen LogP contribution in [-0.2, 0) is 16.1 Å². The number of ether oxygens (including phenoxy) is 3. The standard InChI is InChI=1S/C14H23NO3/c1-11(15)12-5-6-14(17-3)13(9-12)10-18-8-4-7-16-2/h5-6,9,11H,4,7-8,10,15H2,1-3H3. The van der Waals surface area contributed by atoms with Gasteiger partial charge in [-0.15, -0.1) is 0 Å². The largest absolute Gasteiger partial charge is 0.496 e. The monoisotopic (exact) mass is 253 g/mol. The Kier molecular flexibility index (Phi) is 6.72. The lowest BCUT2D eigenvalue weighted by molar-refractivity contribution is 0.0916. The summed E-state index contributed by atoms with van der Waals surface area (Å²) in [4.78, 5) is 0. The highest BCUT2D eigenvalue weighted by atomic mass is 16.5. The Labute approximate surface area is 109 Å². The minimum absolute atomic E-state index is 0.0168. The highest BCUT2D eigenvalue weighted by molar-refractivity contribution is 5.37. The van der Waals surface area contributed by atoms with Crippen LogP contribution in [0.4, 0.5) is 0 Å². The van der Waals surface area contributed by atoms with Gasteiger partial charge in [0.25, 0.3) is 0 Å². The fraction of sp³-hybridized carbons (Fsp3) is 0.571. The molecule has 0 saturated heterocycles. The van der Waals surface area contributed by atoms with Crippen LogP contribution in [0.2, 0.25) is 0 Å². The third-order valence-corrected chi connectivity index (χ3v) is 2.72. The first-order valence-electron chi connectivity index (χ1n) is 6.18. The minimum atomic E-state index is 0.0168. The van der Waals surface area contributed by atoms with Crippen LogP contribution >= 0.6 is 0 Å². The predicted octanol–water partition coefficient (Wildman–Crippen LogP) is 2.27. The molecule has 1 atom stereocenters. The molecule has 1 aromatic carbocycles. The molecule has 18 heavy (non-hydrogen) atoms. The second-order valence-electron chi connectivity index (χ2n) is 4.26. The van der Waals surface area contributed by atoms with Crippen molar-refractivity contribution in [1.29, 1.82) is 0 Å². The van der Waals surface area contributed by atoms with E-state index in [2.05, 4.69) is 0 Å². The molecule has 1 rings (SSSR count). The number of hydrogen-bond acceptors (Lipinski definition) is 4. The van der Waals surface area contributed by atoms with Gasteiger partial charge in [-0.2, -0.15) is 0 Å². The first-order chi connectivity index (χ1) is 8.69. The molecule has 4 heteroatoms. The molecule has 4 nitrogen and oxygen atoms in total. The molecule has 102 valence electrons. The van der Waals surface area contributed by atoms with E-state index in [4.69, 9.17) is 19.9 Å². The summed E-state index contributed by atoms with van der Waals surface area (Å²) >= 11 is 0. The summed E-state index contributed by atoms with van der Waals surface area (Å²) in [5.74, 6) is 0.839. The molecule has 0 heterocycles. The molecule has 2 N–H and O–H groups in total. The average Bonchev–Trinajstić information content (AvgIpc) is 2.38. The van der Waals surface area contributed by atoms with Crippen molar-refractivity contribution in [2.45, 2.75) is 26.0 Å². The fourth-order valence-corrected chi connectivity index (χ4v) is 1.68. The van der Waals surface area contributed by atoms with Crippen molar-refractivity contribution < 1.29 is 14.2 Å². The smallest absolute Gasteiger partial charge is 0.124 e. The Morgan fingerprint density at radius 1 is 1.22 bits per heavy atom. The zero-order chi connectivity index (χ0) is 13.4.